The Hall–Kier alpha value is -3.50. The number of rotatable bonds is 7. The highest BCUT2D eigenvalue weighted by Gasteiger charge is 2.08. The van der Waals surface area contributed by atoms with E-state index in [1.165, 1.54) is 0 Å². The summed E-state index contributed by atoms with van der Waals surface area (Å²) in [6, 6.07) is 14.9. The van der Waals surface area contributed by atoms with Crippen molar-refractivity contribution in [3.8, 4) is 17.3 Å². The van der Waals surface area contributed by atoms with Gasteiger partial charge in [-0.3, -0.25) is 4.98 Å². The molecule has 0 atom stereocenters. The van der Waals surface area contributed by atoms with Crippen molar-refractivity contribution in [2.75, 3.05) is 23.8 Å². The van der Waals surface area contributed by atoms with Crippen molar-refractivity contribution < 1.29 is 5.11 Å². The summed E-state index contributed by atoms with van der Waals surface area (Å²) in [6.45, 7) is 0.664. The number of nitrogens with zero attached hydrogens (tertiary/aromatic N) is 4. The monoisotopic (exact) mass is 346 g/mol. The Morgan fingerprint density at radius 2 is 2.04 bits per heavy atom. The molecule has 0 saturated heterocycles. The van der Waals surface area contributed by atoms with Crippen LogP contribution in [0, 0.1) is 11.3 Å². The zero-order chi connectivity index (χ0) is 18.2. The molecule has 3 N–H and O–H groups in total. The Balaban J connectivity index is 1.92. The minimum Gasteiger partial charge on any atom is -0.396 e. The number of aromatic nitrogens is 3. The maximum absolute atomic E-state index is 9.04. The van der Waals surface area contributed by atoms with E-state index in [2.05, 4.69) is 31.7 Å². The molecule has 26 heavy (non-hydrogen) atoms. The SMILES string of the molecule is N#Cc1cccc(Nc2cc(-c3cccnc3)nc(NCCCO)n2)c1. The molecule has 2 aromatic heterocycles. The fourth-order valence-corrected chi connectivity index (χ4v) is 2.35. The van der Waals surface area contributed by atoms with Gasteiger partial charge in [0.25, 0.3) is 0 Å². The van der Waals surface area contributed by atoms with Crippen molar-refractivity contribution in [1.29, 1.82) is 5.26 Å². The maximum Gasteiger partial charge on any atom is 0.225 e. The van der Waals surface area contributed by atoms with E-state index in [4.69, 9.17) is 10.4 Å². The molecule has 0 aliphatic rings. The largest absolute Gasteiger partial charge is 0.396 e. The van der Waals surface area contributed by atoms with E-state index < -0.39 is 0 Å². The van der Waals surface area contributed by atoms with Gasteiger partial charge in [-0.1, -0.05) is 6.07 Å². The average Bonchev–Trinajstić information content (AvgIpc) is 2.69. The lowest BCUT2D eigenvalue weighted by molar-refractivity contribution is 0.292. The van der Waals surface area contributed by atoms with Crippen LogP contribution in [0.2, 0.25) is 0 Å². The number of anilines is 3. The van der Waals surface area contributed by atoms with Crippen LogP contribution in [0.3, 0.4) is 0 Å². The molecule has 0 fully saturated rings. The van der Waals surface area contributed by atoms with Crippen LogP contribution < -0.4 is 10.6 Å². The highest BCUT2D eigenvalue weighted by atomic mass is 16.3. The molecule has 0 spiro atoms. The second kappa shape index (κ2) is 8.55. The molecule has 0 saturated carbocycles. The molecule has 0 radical (unpaired) electrons. The third kappa shape index (κ3) is 4.53. The fraction of sp³-hybridized carbons (Fsp3) is 0.158. The Bertz CT molecular complexity index is 907. The molecule has 0 aliphatic carbocycles. The number of nitrogens with one attached hydrogen (secondary N) is 2. The number of hydrogen-bond acceptors (Lipinski definition) is 7. The summed E-state index contributed by atoms with van der Waals surface area (Å²) in [4.78, 5) is 13.1. The van der Waals surface area contributed by atoms with Crippen molar-refractivity contribution in [2.45, 2.75) is 6.42 Å². The van der Waals surface area contributed by atoms with E-state index in [1.807, 2.05) is 30.3 Å². The highest BCUT2D eigenvalue weighted by Crippen LogP contribution is 2.23. The number of hydrogen-bond donors (Lipinski definition) is 3. The number of nitriles is 1. The predicted octanol–water partition coefficient (Wildman–Crippen LogP) is 2.95. The van der Waals surface area contributed by atoms with Gasteiger partial charge in [0.1, 0.15) is 5.82 Å². The summed E-state index contributed by atoms with van der Waals surface area (Å²) in [5, 5.41) is 24.3. The molecule has 7 nitrogen and oxygen atoms in total. The number of pyridine rings is 1. The van der Waals surface area contributed by atoms with Crippen molar-refractivity contribution in [2.24, 2.45) is 0 Å². The first kappa shape index (κ1) is 17.3. The molecule has 3 rings (SSSR count). The summed E-state index contributed by atoms with van der Waals surface area (Å²) >= 11 is 0. The molecule has 130 valence electrons. The van der Waals surface area contributed by atoms with Crippen LogP contribution in [-0.2, 0) is 0 Å². The Kier molecular flexibility index (Phi) is 5.70. The van der Waals surface area contributed by atoms with Crippen molar-refractivity contribution in [1.82, 2.24) is 15.0 Å². The molecular weight excluding hydrogens is 328 g/mol. The van der Waals surface area contributed by atoms with Gasteiger partial charge in [-0.15, -0.1) is 0 Å². The van der Waals surface area contributed by atoms with E-state index >= 15 is 0 Å². The van der Waals surface area contributed by atoms with Gasteiger partial charge < -0.3 is 15.7 Å². The third-order valence-electron chi connectivity index (χ3n) is 3.57. The molecule has 3 aromatic rings. The minimum absolute atomic E-state index is 0.0986. The van der Waals surface area contributed by atoms with E-state index in [9.17, 15) is 0 Å². The van der Waals surface area contributed by atoms with Gasteiger partial charge in [0, 0.05) is 42.9 Å². The topological polar surface area (TPSA) is 107 Å². The smallest absolute Gasteiger partial charge is 0.225 e. The van der Waals surface area contributed by atoms with Gasteiger partial charge in [0.05, 0.1) is 17.3 Å². The number of benzene rings is 1. The lowest BCUT2D eigenvalue weighted by Gasteiger charge is -2.11. The summed E-state index contributed by atoms with van der Waals surface area (Å²) in [5.41, 5.74) is 2.92. The Morgan fingerprint density at radius 1 is 1.12 bits per heavy atom. The first-order chi connectivity index (χ1) is 12.8. The van der Waals surface area contributed by atoms with Crippen LogP contribution in [0.25, 0.3) is 11.3 Å². The van der Waals surface area contributed by atoms with Gasteiger partial charge in [0.2, 0.25) is 5.95 Å². The zero-order valence-electron chi connectivity index (χ0n) is 14.1. The van der Waals surface area contributed by atoms with Crippen molar-refractivity contribution in [3.63, 3.8) is 0 Å². The van der Waals surface area contributed by atoms with Gasteiger partial charge in [0.15, 0.2) is 0 Å². The molecular formula is C19H18N6O. The fourth-order valence-electron chi connectivity index (χ4n) is 2.35. The van der Waals surface area contributed by atoms with Crippen molar-refractivity contribution in [3.05, 3.63) is 60.4 Å². The van der Waals surface area contributed by atoms with E-state index in [0.29, 0.717) is 30.3 Å². The minimum atomic E-state index is 0.0986. The molecule has 0 amide bonds. The summed E-state index contributed by atoms with van der Waals surface area (Å²) in [7, 11) is 0. The van der Waals surface area contributed by atoms with Crippen LogP contribution in [0.15, 0.2) is 54.9 Å². The zero-order valence-corrected chi connectivity index (χ0v) is 14.1. The third-order valence-corrected chi connectivity index (χ3v) is 3.57. The summed E-state index contributed by atoms with van der Waals surface area (Å²) in [6.07, 6.45) is 4.05. The first-order valence-corrected chi connectivity index (χ1v) is 8.20. The Morgan fingerprint density at radius 3 is 2.81 bits per heavy atom. The van der Waals surface area contributed by atoms with Gasteiger partial charge >= 0.3 is 0 Å². The quantitative estimate of drug-likeness (QED) is 0.565. The summed E-state index contributed by atoms with van der Waals surface area (Å²) in [5.74, 6) is 1.05. The lowest BCUT2D eigenvalue weighted by atomic mass is 10.2. The van der Waals surface area contributed by atoms with E-state index in [0.717, 1.165) is 16.9 Å². The molecule has 2 heterocycles. The molecule has 0 unspecified atom stereocenters. The molecule has 0 bridgehead atoms. The van der Waals surface area contributed by atoms with Gasteiger partial charge in [-0.05, 0) is 36.8 Å². The lowest BCUT2D eigenvalue weighted by Crippen LogP contribution is -2.08. The highest BCUT2D eigenvalue weighted by molar-refractivity contribution is 5.67. The second-order valence-electron chi connectivity index (χ2n) is 5.53. The standard InChI is InChI=1S/C19H18N6O/c20-12-14-4-1-6-16(10-14)23-18-11-17(15-5-2-7-21-13-15)24-19(25-18)22-8-3-9-26/h1-2,4-7,10-11,13,26H,3,8-9H2,(H2,22,23,24,25). The van der Waals surface area contributed by atoms with Crippen LogP contribution in [0.5, 0.6) is 0 Å². The van der Waals surface area contributed by atoms with Crippen LogP contribution in [0.4, 0.5) is 17.5 Å². The maximum atomic E-state index is 9.04. The van der Waals surface area contributed by atoms with E-state index in [1.54, 1.807) is 24.5 Å². The molecule has 7 heteroatoms. The normalized spacial score (nSPS) is 10.2. The van der Waals surface area contributed by atoms with Crippen LogP contribution in [0.1, 0.15) is 12.0 Å². The molecule has 0 aliphatic heterocycles. The van der Waals surface area contributed by atoms with Gasteiger partial charge in [-0.2, -0.15) is 10.2 Å². The van der Waals surface area contributed by atoms with Crippen molar-refractivity contribution >= 4 is 17.5 Å². The number of aliphatic hydroxyl groups excluding tert-OH is 1. The van der Waals surface area contributed by atoms with E-state index in [-0.39, 0.29) is 6.61 Å². The summed E-state index contributed by atoms with van der Waals surface area (Å²) < 4.78 is 0. The van der Waals surface area contributed by atoms with Crippen LogP contribution >= 0.6 is 0 Å². The first-order valence-electron chi connectivity index (χ1n) is 8.20. The Labute approximate surface area is 151 Å². The van der Waals surface area contributed by atoms with Crippen LogP contribution in [-0.4, -0.2) is 33.2 Å². The molecule has 1 aromatic carbocycles. The average molecular weight is 346 g/mol. The predicted molar refractivity (Wildman–Crippen MR) is 99.9 cm³/mol. The number of aliphatic hydroxyl groups is 1. The van der Waals surface area contributed by atoms with Gasteiger partial charge in [-0.25, -0.2) is 4.98 Å². The second-order valence-corrected chi connectivity index (χ2v) is 5.53.